The molecule has 0 radical (unpaired) electrons. The van der Waals surface area contributed by atoms with Gasteiger partial charge in [-0.2, -0.15) is 0 Å². The number of ether oxygens (including phenoxy) is 2. The molecule has 0 aromatic heterocycles. The van der Waals surface area contributed by atoms with Gasteiger partial charge in [0, 0.05) is 17.5 Å². The van der Waals surface area contributed by atoms with Crippen LogP contribution in [0.2, 0.25) is 0 Å². The molecule has 4 rings (SSSR count). The number of hydrogen-bond donors (Lipinski definition) is 1. The second-order valence-corrected chi connectivity index (χ2v) is 7.94. The van der Waals surface area contributed by atoms with Crippen molar-refractivity contribution in [3.05, 3.63) is 93.5 Å². The fraction of sp³-hybridized carbons (Fsp3) is 0.240. The number of rotatable bonds is 7. The van der Waals surface area contributed by atoms with Gasteiger partial charge in [0.15, 0.2) is 0 Å². The number of carbonyl (C=O) groups excluding carboxylic acids is 1. The van der Waals surface area contributed by atoms with Crippen LogP contribution < -0.4 is 14.8 Å². The van der Waals surface area contributed by atoms with Crippen molar-refractivity contribution in [1.82, 2.24) is 0 Å². The summed E-state index contributed by atoms with van der Waals surface area (Å²) >= 11 is 0. The van der Waals surface area contributed by atoms with Crippen LogP contribution in [0.25, 0.3) is 0 Å². The number of anilines is 1. The van der Waals surface area contributed by atoms with E-state index in [0.29, 0.717) is 23.6 Å². The molecule has 1 unspecified atom stereocenters. The molecule has 1 amide bonds. The monoisotopic (exact) mass is 432 g/mol. The lowest BCUT2D eigenvalue weighted by Gasteiger charge is -2.20. The number of benzene rings is 3. The van der Waals surface area contributed by atoms with Crippen LogP contribution in [0.4, 0.5) is 11.4 Å². The summed E-state index contributed by atoms with van der Waals surface area (Å²) in [5.41, 5.74) is 2.55. The summed E-state index contributed by atoms with van der Waals surface area (Å²) in [4.78, 5) is 24.0. The van der Waals surface area contributed by atoms with Gasteiger partial charge in [-0.1, -0.05) is 30.3 Å². The van der Waals surface area contributed by atoms with Crippen molar-refractivity contribution in [1.29, 1.82) is 0 Å². The molecular weight excluding hydrogens is 408 g/mol. The number of nitro groups is 1. The standard InChI is InChI=1S/C25H24N2O5/c1-16-10-11-19(27(29)30)14-23(16)26-24(28)22-15-25(22,17-6-4-8-20(12-17)31-2)18-7-5-9-21(13-18)32-3/h4-14,22H,15H2,1-3H3,(H,26,28). The van der Waals surface area contributed by atoms with E-state index >= 15 is 0 Å². The summed E-state index contributed by atoms with van der Waals surface area (Å²) in [6.45, 7) is 1.81. The first kappa shape index (κ1) is 21.4. The smallest absolute Gasteiger partial charge is 0.271 e. The Hall–Kier alpha value is -3.87. The molecule has 1 aliphatic carbocycles. The molecule has 1 saturated carbocycles. The highest BCUT2D eigenvalue weighted by Gasteiger charge is 2.60. The Bertz CT molecular complexity index is 1140. The number of aryl methyl sites for hydroxylation is 1. The van der Waals surface area contributed by atoms with Gasteiger partial charge in [-0.3, -0.25) is 14.9 Å². The minimum absolute atomic E-state index is 0.0615. The van der Waals surface area contributed by atoms with Crippen molar-refractivity contribution < 1.29 is 19.2 Å². The van der Waals surface area contributed by atoms with Gasteiger partial charge in [0.05, 0.1) is 30.7 Å². The lowest BCUT2D eigenvalue weighted by atomic mass is 9.85. The molecule has 1 atom stereocenters. The second-order valence-electron chi connectivity index (χ2n) is 7.94. The molecule has 1 N–H and O–H groups in total. The lowest BCUT2D eigenvalue weighted by Crippen LogP contribution is -2.22. The summed E-state index contributed by atoms with van der Waals surface area (Å²) in [5, 5.41) is 14.1. The van der Waals surface area contributed by atoms with Crippen LogP contribution in [-0.2, 0) is 10.2 Å². The predicted octanol–water partition coefficient (Wildman–Crippen LogP) is 4.87. The number of methoxy groups -OCH3 is 2. The van der Waals surface area contributed by atoms with Crippen LogP contribution in [0.1, 0.15) is 23.1 Å². The minimum Gasteiger partial charge on any atom is -0.497 e. The third-order valence-electron chi connectivity index (χ3n) is 6.14. The first-order valence-corrected chi connectivity index (χ1v) is 10.2. The quantitative estimate of drug-likeness (QED) is 0.425. The average molecular weight is 432 g/mol. The van der Waals surface area contributed by atoms with Crippen LogP contribution in [0, 0.1) is 23.0 Å². The first-order valence-electron chi connectivity index (χ1n) is 10.2. The zero-order valence-corrected chi connectivity index (χ0v) is 18.1. The summed E-state index contributed by atoms with van der Waals surface area (Å²) in [7, 11) is 3.22. The second kappa shape index (κ2) is 8.34. The number of nitrogens with one attached hydrogen (secondary N) is 1. The molecule has 0 heterocycles. The van der Waals surface area contributed by atoms with E-state index in [2.05, 4.69) is 5.32 Å². The molecule has 1 aliphatic rings. The number of carbonyl (C=O) groups is 1. The summed E-state index contributed by atoms with van der Waals surface area (Å²) < 4.78 is 10.8. The van der Waals surface area contributed by atoms with Crippen molar-refractivity contribution in [2.24, 2.45) is 5.92 Å². The van der Waals surface area contributed by atoms with Crippen LogP contribution in [0.3, 0.4) is 0 Å². The Labute approximate surface area is 186 Å². The summed E-state index contributed by atoms with van der Waals surface area (Å²) in [6.07, 6.45) is 0.604. The van der Waals surface area contributed by atoms with Crippen LogP contribution in [0.5, 0.6) is 11.5 Å². The largest absolute Gasteiger partial charge is 0.497 e. The average Bonchev–Trinajstić information content (AvgIpc) is 3.58. The van der Waals surface area contributed by atoms with Crippen LogP contribution in [0.15, 0.2) is 66.7 Å². The van der Waals surface area contributed by atoms with Crippen molar-refractivity contribution in [3.63, 3.8) is 0 Å². The molecule has 3 aromatic carbocycles. The molecule has 0 bridgehead atoms. The Morgan fingerprint density at radius 1 is 1.00 bits per heavy atom. The Balaban J connectivity index is 1.71. The highest BCUT2D eigenvalue weighted by molar-refractivity contribution is 5.97. The van der Waals surface area contributed by atoms with Crippen LogP contribution >= 0.6 is 0 Å². The van der Waals surface area contributed by atoms with E-state index in [0.717, 1.165) is 16.7 Å². The topological polar surface area (TPSA) is 90.7 Å². The number of hydrogen-bond acceptors (Lipinski definition) is 5. The van der Waals surface area contributed by atoms with E-state index < -0.39 is 10.3 Å². The Morgan fingerprint density at radius 3 is 2.12 bits per heavy atom. The molecule has 1 fully saturated rings. The third-order valence-corrected chi connectivity index (χ3v) is 6.14. The molecule has 7 nitrogen and oxygen atoms in total. The fourth-order valence-corrected chi connectivity index (χ4v) is 4.26. The lowest BCUT2D eigenvalue weighted by molar-refractivity contribution is -0.384. The van der Waals surface area contributed by atoms with E-state index in [9.17, 15) is 14.9 Å². The maximum Gasteiger partial charge on any atom is 0.271 e. The SMILES string of the molecule is COc1cccc(C2(c3cccc(OC)c3)CC2C(=O)Nc2cc([N+](=O)[O-])ccc2C)c1. The third kappa shape index (κ3) is 3.77. The Kier molecular flexibility index (Phi) is 5.57. The number of nitro benzene ring substituents is 1. The number of nitrogens with zero attached hydrogens (tertiary/aromatic N) is 1. The highest BCUT2D eigenvalue weighted by atomic mass is 16.6. The molecule has 7 heteroatoms. The van der Waals surface area contributed by atoms with Gasteiger partial charge in [-0.15, -0.1) is 0 Å². The first-order chi connectivity index (χ1) is 15.4. The number of non-ortho nitro benzene ring substituents is 1. The van der Waals surface area contributed by atoms with E-state index in [4.69, 9.17) is 9.47 Å². The van der Waals surface area contributed by atoms with Gasteiger partial charge in [0.25, 0.3) is 5.69 Å². The molecular formula is C25H24N2O5. The predicted molar refractivity (Wildman–Crippen MR) is 121 cm³/mol. The zero-order valence-electron chi connectivity index (χ0n) is 18.1. The van der Waals surface area contributed by atoms with Gasteiger partial charge in [0.1, 0.15) is 11.5 Å². The highest BCUT2D eigenvalue weighted by Crippen LogP contribution is 2.60. The van der Waals surface area contributed by atoms with E-state index in [1.165, 1.54) is 12.1 Å². The zero-order chi connectivity index (χ0) is 22.9. The van der Waals surface area contributed by atoms with Crippen molar-refractivity contribution in [2.45, 2.75) is 18.8 Å². The number of amides is 1. The fourth-order valence-electron chi connectivity index (χ4n) is 4.26. The molecule has 0 aliphatic heterocycles. The summed E-state index contributed by atoms with van der Waals surface area (Å²) in [6, 6.07) is 19.9. The van der Waals surface area contributed by atoms with Crippen LogP contribution in [-0.4, -0.2) is 25.1 Å². The van der Waals surface area contributed by atoms with E-state index in [1.54, 1.807) is 20.3 Å². The molecule has 0 spiro atoms. The van der Waals surface area contributed by atoms with Gasteiger partial charge < -0.3 is 14.8 Å². The van der Waals surface area contributed by atoms with Gasteiger partial charge in [-0.25, -0.2) is 0 Å². The van der Waals surface area contributed by atoms with Gasteiger partial charge in [-0.05, 0) is 54.3 Å². The molecule has 164 valence electrons. The minimum atomic E-state index is -0.540. The Morgan fingerprint density at radius 2 is 1.59 bits per heavy atom. The summed E-state index contributed by atoms with van der Waals surface area (Å²) in [5.74, 6) is 0.898. The maximum atomic E-state index is 13.3. The van der Waals surface area contributed by atoms with Gasteiger partial charge in [0.2, 0.25) is 5.91 Å². The maximum absolute atomic E-state index is 13.3. The van der Waals surface area contributed by atoms with Gasteiger partial charge >= 0.3 is 0 Å². The van der Waals surface area contributed by atoms with Crippen molar-refractivity contribution in [3.8, 4) is 11.5 Å². The molecule has 32 heavy (non-hydrogen) atoms. The van der Waals surface area contributed by atoms with Crippen molar-refractivity contribution >= 4 is 17.3 Å². The molecule has 3 aromatic rings. The van der Waals surface area contributed by atoms with E-state index in [-0.39, 0.29) is 17.5 Å². The van der Waals surface area contributed by atoms with Crippen molar-refractivity contribution in [2.75, 3.05) is 19.5 Å². The molecule has 0 saturated heterocycles. The normalized spacial score (nSPS) is 16.2. The van der Waals surface area contributed by atoms with E-state index in [1.807, 2.05) is 55.5 Å².